The lowest BCUT2D eigenvalue weighted by Gasteiger charge is -2.00. The summed E-state index contributed by atoms with van der Waals surface area (Å²) >= 11 is 5.82. The molecule has 0 spiro atoms. The van der Waals surface area contributed by atoms with Gasteiger partial charge in [-0.05, 0) is 17.7 Å². The molecule has 0 bridgehead atoms. The Bertz CT molecular complexity index is 1010. The molecule has 2 heterocycles. The van der Waals surface area contributed by atoms with Crippen molar-refractivity contribution in [3.05, 3.63) is 55.7 Å². The van der Waals surface area contributed by atoms with Crippen LogP contribution >= 0.6 is 11.6 Å². The molecule has 0 aliphatic heterocycles. The Kier molecular flexibility index (Phi) is 3.75. The van der Waals surface area contributed by atoms with E-state index in [1.54, 1.807) is 25.4 Å². The Labute approximate surface area is 135 Å². The van der Waals surface area contributed by atoms with Crippen LogP contribution in [0.15, 0.2) is 39.0 Å². The molecule has 118 valence electrons. The van der Waals surface area contributed by atoms with E-state index in [1.807, 2.05) is 12.1 Å². The van der Waals surface area contributed by atoms with Gasteiger partial charge in [0.25, 0.3) is 5.56 Å². The minimum absolute atomic E-state index is 0.283. The zero-order valence-electron chi connectivity index (χ0n) is 12.4. The zero-order chi connectivity index (χ0) is 16.6. The van der Waals surface area contributed by atoms with Gasteiger partial charge in [-0.3, -0.25) is 14.3 Å². The number of halogens is 1. The number of hydrogen-bond donors (Lipinski definition) is 2. The molecule has 23 heavy (non-hydrogen) atoms. The van der Waals surface area contributed by atoms with Crippen LogP contribution in [0.3, 0.4) is 0 Å². The van der Waals surface area contributed by atoms with E-state index in [0.717, 1.165) is 5.56 Å². The van der Waals surface area contributed by atoms with E-state index in [1.165, 1.54) is 16.2 Å². The Morgan fingerprint density at radius 2 is 1.91 bits per heavy atom. The first-order chi connectivity index (χ1) is 11.0. The smallest absolute Gasteiger partial charge is 0.306 e. The van der Waals surface area contributed by atoms with Gasteiger partial charge in [-0.2, -0.15) is 10.1 Å². The molecule has 0 unspecified atom stereocenters. The molecule has 0 aliphatic rings. The Hall–Kier alpha value is -2.87. The number of hydrazone groups is 1. The number of hydrogen-bond acceptors (Lipinski definition) is 5. The van der Waals surface area contributed by atoms with Crippen molar-refractivity contribution in [3.63, 3.8) is 0 Å². The van der Waals surface area contributed by atoms with Crippen LogP contribution in [0.5, 0.6) is 0 Å². The predicted molar refractivity (Wildman–Crippen MR) is 89.2 cm³/mol. The van der Waals surface area contributed by atoms with Gasteiger partial charge in [-0.1, -0.05) is 23.7 Å². The molecule has 3 rings (SSSR count). The number of fused-ring (bicyclic) bond motifs is 1. The first kappa shape index (κ1) is 15.0. The van der Waals surface area contributed by atoms with E-state index < -0.39 is 11.2 Å². The molecule has 0 aliphatic carbocycles. The molecule has 3 aromatic rings. The second-order valence-corrected chi connectivity index (χ2v) is 5.34. The molecule has 2 N–H and O–H groups in total. The summed E-state index contributed by atoms with van der Waals surface area (Å²) in [6, 6.07) is 7.15. The van der Waals surface area contributed by atoms with Gasteiger partial charge in [-0.15, -0.1) is 0 Å². The van der Waals surface area contributed by atoms with Crippen molar-refractivity contribution in [2.75, 3.05) is 5.43 Å². The maximum atomic E-state index is 11.9. The van der Waals surface area contributed by atoms with Crippen LogP contribution in [0.4, 0.5) is 5.95 Å². The van der Waals surface area contributed by atoms with Gasteiger partial charge in [0.1, 0.15) is 0 Å². The van der Waals surface area contributed by atoms with Crippen molar-refractivity contribution < 1.29 is 0 Å². The van der Waals surface area contributed by atoms with Crippen LogP contribution < -0.4 is 16.7 Å². The van der Waals surface area contributed by atoms with Crippen LogP contribution in [-0.2, 0) is 14.1 Å². The summed E-state index contributed by atoms with van der Waals surface area (Å²) in [7, 11) is 3.20. The van der Waals surface area contributed by atoms with E-state index in [0.29, 0.717) is 11.0 Å². The van der Waals surface area contributed by atoms with Gasteiger partial charge in [0.15, 0.2) is 11.2 Å². The number of imidazole rings is 1. The Morgan fingerprint density at radius 3 is 2.61 bits per heavy atom. The standard InChI is InChI=1S/C14H13ClN6O2/c1-20-10-11(21(2)14(23)18-12(10)22)17-13(20)19-16-7-8-3-5-9(15)6-4-8/h3-7H,1-2H3,(H,17,19)(H,18,22,23)/b16-7-. The van der Waals surface area contributed by atoms with Crippen molar-refractivity contribution in [2.24, 2.45) is 19.2 Å². The summed E-state index contributed by atoms with van der Waals surface area (Å²) in [5.74, 6) is 0.344. The fraction of sp³-hybridized carbons (Fsp3) is 0.143. The number of aryl methyl sites for hydroxylation is 2. The summed E-state index contributed by atoms with van der Waals surface area (Å²) in [6.45, 7) is 0. The number of anilines is 1. The van der Waals surface area contributed by atoms with Crippen LogP contribution in [0, 0.1) is 0 Å². The first-order valence-corrected chi connectivity index (χ1v) is 7.05. The maximum absolute atomic E-state index is 11.9. The summed E-state index contributed by atoms with van der Waals surface area (Å²) < 4.78 is 2.80. The molecule has 0 saturated heterocycles. The minimum Gasteiger partial charge on any atom is -0.306 e. The van der Waals surface area contributed by atoms with Crippen molar-refractivity contribution in [1.82, 2.24) is 19.1 Å². The fourth-order valence-electron chi connectivity index (χ4n) is 2.12. The van der Waals surface area contributed by atoms with E-state index in [4.69, 9.17) is 11.6 Å². The lowest BCUT2D eigenvalue weighted by molar-refractivity contribution is 0.829. The number of aromatic nitrogens is 4. The number of rotatable bonds is 3. The molecular formula is C14H13ClN6O2. The van der Waals surface area contributed by atoms with Gasteiger partial charge in [-0.25, -0.2) is 10.2 Å². The Balaban J connectivity index is 1.95. The average Bonchev–Trinajstić information content (AvgIpc) is 2.85. The van der Waals surface area contributed by atoms with Crippen molar-refractivity contribution in [1.29, 1.82) is 0 Å². The summed E-state index contributed by atoms with van der Waals surface area (Å²) in [4.78, 5) is 30.0. The number of nitrogens with zero attached hydrogens (tertiary/aromatic N) is 4. The topological polar surface area (TPSA) is 97.1 Å². The molecule has 0 fully saturated rings. The minimum atomic E-state index is -0.517. The number of H-pyrrole nitrogens is 1. The predicted octanol–water partition coefficient (Wildman–Crippen LogP) is 1.06. The molecular weight excluding hydrogens is 320 g/mol. The second kappa shape index (κ2) is 5.73. The van der Waals surface area contributed by atoms with Gasteiger partial charge >= 0.3 is 5.69 Å². The van der Waals surface area contributed by atoms with E-state index in [9.17, 15) is 9.59 Å². The van der Waals surface area contributed by atoms with Crippen molar-refractivity contribution in [2.45, 2.75) is 0 Å². The van der Waals surface area contributed by atoms with Crippen LogP contribution in [0.2, 0.25) is 5.02 Å². The summed E-state index contributed by atoms with van der Waals surface area (Å²) in [6.07, 6.45) is 1.60. The van der Waals surface area contributed by atoms with Gasteiger partial charge in [0.05, 0.1) is 6.21 Å². The highest BCUT2D eigenvalue weighted by Gasteiger charge is 2.14. The van der Waals surface area contributed by atoms with Crippen molar-refractivity contribution >= 4 is 34.9 Å². The van der Waals surface area contributed by atoms with Crippen LogP contribution in [0.1, 0.15) is 5.56 Å². The van der Waals surface area contributed by atoms with E-state index in [2.05, 4.69) is 20.5 Å². The van der Waals surface area contributed by atoms with Crippen LogP contribution in [0.25, 0.3) is 11.2 Å². The van der Waals surface area contributed by atoms with Gasteiger partial charge < -0.3 is 4.57 Å². The normalized spacial score (nSPS) is 11.4. The largest absolute Gasteiger partial charge is 0.329 e. The van der Waals surface area contributed by atoms with Gasteiger partial charge in [0, 0.05) is 19.1 Å². The number of nitrogens with one attached hydrogen (secondary N) is 2. The van der Waals surface area contributed by atoms with Crippen LogP contribution in [-0.4, -0.2) is 25.3 Å². The lowest BCUT2D eigenvalue weighted by Crippen LogP contribution is -2.29. The SMILES string of the molecule is Cn1c(N/N=C\c2ccc(Cl)cc2)nc2c1c(=O)[nH]c(=O)n2C. The zero-order valence-corrected chi connectivity index (χ0v) is 13.1. The lowest BCUT2D eigenvalue weighted by atomic mass is 10.2. The molecule has 8 nitrogen and oxygen atoms in total. The maximum Gasteiger partial charge on any atom is 0.329 e. The first-order valence-electron chi connectivity index (χ1n) is 6.68. The van der Waals surface area contributed by atoms with Crippen molar-refractivity contribution in [3.8, 4) is 0 Å². The average molecular weight is 333 g/mol. The third kappa shape index (κ3) is 2.76. The molecule has 0 radical (unpaired) electrons. The summed E-state index contributed by atoms with van der Waals surface area (Å²) in [5, 5.41) is 4.72. The monoisotopic (exact) mass is 332 g/mol. The molecule has 0 saturated carbocycles. The van der Waals surface area contributed by atoms with Gasteiger partial charge in [0.2, 0.25) is 5.95 Å². The third-order valence-electron chi connectivity index (χ3n) is 3.38. The molecule has 1 aromatic carbocycles. The molecule has 2 aromatic heterocycles. The molecule has 0 atom stereocenters. The fourth-order valence-corrected chi connectivity index (χ4v) is 2.25. The second-order valence-electron chi connectivity index (χ2n) is 4.91. The quantitative estimate of drug-likeness (QED) is 0.553. The number of benzene rings is 1. The highest BCUT2D eigenvalue weighted by molar-refractivity contribution is 6.30. The summed E-state index contributed by atoms with van der Waals surface area (Å²) in [5.41, 5.74) is 3.17. The number of aromatic amines is 1. The van der Waals surface area contributed by atoms with E-state index >= 15 is 0 Å². The third-order valence-corrected chi connectivity index (χ3v) is 3.63. The Morgan fingerprint density at radius 1 is 1.22 bits per heavy atom. The highest BCUT2D eigenvalue weighted by atomic mass is 35.5. The molecule has 0 amide bonds. The molecule has 9 heteroatoms. The van der Waals surface area contributed by atoms with E-state index in [-0.39, 0.29) is 11.2 Å². The highest BCUT2D eigenvalue weighted by Crippen LogP contribution is 2.13.